The van der Waals surface area contributed by atoms with Gasteiger partial charge in [-0.3, -0.25) is 4.79 Å². The van der Waals surface area contributed by atoms with Crippen LogP contribution in [0.2, 0.25) is 0 Å². The maximum atomic E-state index is 11.8. The van der Waals surface area contributed by atoms with Crippen molar-refractivity contribution in [1.29, 1.82) is 0 Å². The van der Waals surface area contributed by atoms with Gasteiger partial charge in [0.2, 0.25) is 0 Å². The first kappa shape index (κ1) is 15.5. The maximum Gasteiger partial charge on any atom is 0.155 e. The van der Waals surface area contributed by atoms with Crippen molar-refractivity contribution in [3.63, 3.8) is 0 Å². The highest BCUT2D eigenvalue weighted by Crippen LogP contribution is 2.66. The molecule has 4 rings (SSSR count). The smallest absolute Gasteiger partial charge is 0.155 e. The summed E-state index contributed by atoms with van der Waals surface area (Å²) in [4.78, 5) is 11.8. The number of rotatable bonds is 1. The molecule has 0 aliphatic heterocycles. The van der Waals surface area contributed by atoms with E-state index in [1.54, 1.807) is 0 Å². The number of allylic oxidation sites excluding steroid dienone is 1. The summed E-state index contributed by atoms with van der Waals surface area (Å²) in [5.41, 5.74) is 0.474. The quantitative estimate of drug-likeness (QED) is 0.746. The first-order valence-corrected chi connectivity index (χ1v) is 9.48. The van der Waals surface area contributed by atoms with E-state index in [2.05, 4.69) is 12.8 Å². The van der Waals surface area contributed by atoms with Gasteiger partial charge in [-0.1, -0.05) is 18.4 Å². The molecule has 0 spiro atoms. The Balaban J connectivity index is 1.67. The van der Waals surface area contributed by atoms with Crippen molar-refractivity contribution in [3.8, 4) is 12.3 Å². The molecule has 0 unspecified atom stereocenters. The molecule has 6 atom stereocenters. The average molecular weight is 312 g/mol. The Morgan fingerprint density at radius 1 is 1.22 bits per heavy atom. The van der Waals surface area contributed by atoms with Gasteiger partial charge in [0, 0.05) is 11.8 Å². The standard InChI is InChI=1S/C21H28O2/c1-3-20-11-9-17-16-8-6-15(22)13-14(16)5-7-18(17)19(20)10-12-21(20,23)4-2/h2,13,16-19,23H,3,5-12H2,1H3/t16-,17+,18+,19-,20-,21+/m1/s1. The predicted molar refractivity (Wildman–Crippen MR) is 90.5 cm³/mol. The second-order valence-corrected chi connectivity index (χ2v) is 8.40. The summed E-state index contributed by atoms with van der Waals surface area (Å²) < 4.78 is 0. The molecule has 0 aromatic rings. The predicted octanol–water partition coefficient (Wildman–Crippen LogP) is 3.88. The van der Waals surface area contributed by atoms with Crippen molar-refractivity contribution >= 4 is 5.78 Å². The Labute approximate surface area is 139 Å². The number of fused-ring (bicyclic) bond motifs is 5. The first-order valence-electron chi connectivity index (χ1n) is 9.48. The van der Waals surface area contributed by atoms with Crippen LogP contribution in [0.4, 0.5) is 0 Å². The minimum atomic E-state index is -0.893. The maximum absolute atomic E-state index is 11.8. The van der Waals surface area contributed by atoms with Crippen molar-refractivity contribution < 1.29 is 9.90 Å². The molecule has 23 heavy (non-hydrogen) atoms. The second-order valence-electron chi connectivity index (χ2n) is 8.40. The van der Waals surface area contributed by atoms with E-state index in [4.69, 9.17) is 6.42 Å². The molecule has 0 radical (unpaired) electrons. The summed E-state index contributed by atoms with van der Waals surface area (Å²) >= 11 is 0. The zero-order valence-electron chi connectivity index (χ0n) is 14.2. The Bertz CT molecular complexity index is 597. The lowest BCUT2D eigenvalue weighted by atomic mass is 9.49. The zero-order chi connectivity index (χ0) is 16.2. The molecule has 4 aliphatic carbocycles. The van der Waals surface area contributed by atoms with Gasteiger partial charge in [0.15, 0.2) is 5.78 Å². The Hall–Kier alpha value is -1.07. The van der Waals surface area contributed by atoms with Crippen LogP contribution < -0.4 is 0 Å². The van der Waals surface area contributed by atoms with E-state index in [1.807, 2.05) is 6.08 Å². The second kappa shape index (κ2) is 5.21. The molecule has 0 aromatic carbocycles. The third-order valence-corrected chi connectivity index (χ3v) is 8.02. The summed E-state index contributed by atoms with van der Waals surface area (Å²) in [6.45, 7) is 2.22. The van der Waals surface area contributed by atoms with E-state index >= 15 is 0 Å². The van der Waals surface area contributed by atoms with Gasteiger partial charge in [0.25, 0.3) is 0 Å². The molecule has 0 saturated heterocycles. The molecule has 0 bridgehead atoms. The van der Waals surface area contributed by atoms with E-state index in [0.29, 0.717) is 29.5 Å². The molecular weight excluding hydrogens is 284 g/mol. The fraction of sp³-hybridized carbons (Fsp3) is 0.762. The van der Waals surface area contributed by atoms with Crippen LogP contribution in [0.1, 0.15) is 64.7 Å². The summed E-state index contributed by atoms with van der Waals surface area (Å²) in [6, 6.07) is 0. The summed E-state index contributed by atoms with van der Waals surface area (Å²) in [5, 5.41) is 11.1. The van der Waals surface area contributed by atoms with Gasteiger partial charge in [0.05, 0.1) is 0 Å². The van der Waals surface area contributed by atoms with Crippen LogP contribution in [0.15, 0.2) is 11.6 Å². The molecule has 0 aromatic heterocycles. The van der Waals surface area contributed by atoms with E-state index in [1.165, 1.54) is 18.4 Å². The lowest BCUT2D eigenvalue weighted by Crippen LogP contribution is -2.53. The molecule has 0 heterocycles. The fourth-order valence-electron chi connectivity index (χ4n) is 6.96. The topological polar surface area (TPSA) is 37.3 Å². The fourth-order valence-corrected chi connectivity index (χ4v) is 6.96. The number of carbonyl (C=O) groups excluding carboxylic acids is 1. The van der Waals surface area contributed by atoms with Crippen molar-refractivity contribution in [3.05, 3.63) is 11.6 Å². The lowest BCUT2D eigenvalue weighted by Gasteiger charge is -2.55. The Morgan fingerprint density at radius 2 is 2.04 bits per heavy atom. The Morgan fingerprint density at radius 3 is 2.78 bits per heavy atom. The molecule has 4 aliphatic rings. The van der Waals surface area contributed by atoms with Crippen LogP contribution in [0.25, 0.3) is 0 Å². The van der Waals surface area contributed by atoms with Crippen molar-refractivity contribution in [1.82, 2.24) is 0 Å². The van der Waals surface area contributed by atoms with Crippen molar-refractivity contribution in [2.75, 3.05) is 0 Å². The van der Waals surface area contributed by atoms with Gasteiger partial charge < -0.3 is 5.11 Å². The van der Waals surface area contributed by atoms with Crippen LogP contribution in [0, 0.1) is 41.4 Å². The van der Waals surface area contributed by atoms with Crippen LogP contribution in [-0.2, 0) is 4.79 Å². The SMILES string of the molecule is C#C[C@]1(O)CC[C@@H]2[C@H]3CCC4=CC(=O)CC[C@H]4[C@@H]3CC[C@]21CC. The number of hydrogen-bond acceptors (Lipinski definition) is 2. The van der Waals surface area contributed by atoms with Gasteiger partial charge in [-0.15, -0.1) is 6.42 Å². The highest BCUT2D eigenvalue weighted by molar-refractivity contribution is 5.91. The van der Waals surface area contributed by atoms with E-state index in [0.717, 1.165) is 44.9 Å². The molecule has 124 valence electrons. The Kier molecular flexibility index (Phi) is 3.50. The molecule has 2 heteroatoms. The van der Waals surface area contributed by atoms with Gasteiger partial charge in [-0.25, -0.2) is 0 Å². The monoisotopic (exact) mass is 312 g/mol. The van der Waals surface area contributed by atoms with Gasteiger partial charge in [-0.05, 0) is 81.1 Å². The number of ketones is 1. The van der Waals surface area contributed by atoms with Crippen molar-refractivity contribution in [2.45, 2.75) is 70.3 Å². The molecular formula is C21H28O2. The van der Waals surface area contributed by atoms with Gasteiger partial charge in [0.1, 0.15) is 5.60 Å². The molecule has 0 amide bonds. The van der Waals surface area contributed by atoms with Gasteiger partial charge >= 0.3 is 0 Å². The van der Waals surface area contributed by atoms with E-state index in [9.17, 15) is 9.90 Å². The van der Waals surface area contributed by atoms with E-state index in [-0.39, 0.29) is 5.41 Å². The van der Waals surface area contributed by atoms with Crippen LogP contribution in [0.5, 0.6) is 0 Å². The molecule has 3 fully saturated rings. The third-order valence-electron chi connectivity index (χ3n) is 8.02. The molecule has 3 saturated carbocycles. The number of terminal acetylenes is 1. The highest BCUT2D eigenvalue weighted by Gasteiger charge is 2.63. The summed E-state index contributed by atoms with van der Waals surface area (Å²) in [5.74, 6) is 5.73. The minimum Gasteiger partial charge on any atom is -0.377 e. The zero-order valence-corrected chi connectivity index (χ0v) is 14.2. The lowest BCUT2D eigenvalue weighted by molar-refractivity contribution is -0.117. The number of aliphatic hydroxyl groups is 1. The molecule has 1 N–H and O–H groups in total. The van der Waals surface area contributed by atoms with Crippen LogP contribution >= 0.6 is 0 Å². The number of hydrogen-bond donors (Lipinski definition) is 1. The van der Waals surface area contributed by atoms with Gasteiger partial charge in [-0.2, -0.15) is 0 Å². The van der Waals surface area contributed by atoms with Crippen molar-refractivity contribution in [2.24, 2.45) is 29.1 Å². The van der Waals surface area contributed by atoms with Crippen LogP contribution in [0.3, 0.4) is 0 Å². The highest BCUT2D eigenvalue weighted by atomic mass is 16.3. The first-order chi connectivity index (χ1) is 11.0. The number of carbonyl (C=O) groups is 1. The normalized spacial score (nSPS) is 48.7. The summed E-state index contributed by atoms with van der Waals surface area (Å²) in [6.07, 6.45) is 16.9. The van der Waals surface area contributed by atoms with E-state index < -0.39 is 5.60 Å². The largest absolute Gasteiger partial charge is 0.377 e. The van der Waals surface area contributed by atoms with Crippen LogP contribution in [-0.4, -0.2) is 16.5 Å². The molecule has 2 nitrogen and oxygen atoms in total. The third kappa shape index (κ3) is 1.96. The minimum absolute atomic E-state index is 0.0609. The summed E-state index contributed by atoms with van der Waals surface area (Å²) in [7, 11) is 0. The average Bonchev–Trinajstić information content (AvgIpc) is 2.88.